The third-order valence-corrected chi connectivity index (χ3v) is 4.80. The van der Waals surface area contributed by atoms with Crippen LogP contribution in [-0.2, 0) is 6.54 Å². The van der Waals surface area contributed by atoms with E-state index in [1.807, 2.05) is 0 Å². The molecule has 0 atom stereocenters. The number of methoxy groups -OCH3 is 1. The molecule has 1 fully saturated rings. The second kappa shape index (κ2) is 7.71. The molecule has 140 valence electrons. The molecule has 0 amide bonds. The lowest BCUT2D eigenvalue weighted by atomic mass is 10.1. The van der Waals surface area contributed by atoms with Gasteiger partial charge in [-0.3, -0.25) is 15.0 Å². The summed E-state index contributed by atoms with van der Waals surface area (Å²) in [6, 6.07) is 4.86. The molecule has 3 heterocycles. The van der Waals surface area contributed by atoms with Gasteiger partial charge in [0.2, 0.25) is 0 Å². The zero-order valence-electron chi connectivity index (χ0n) is 15.1. The molecular formula is C19H21FN6O. The van der Waals surface area contributed by atoms with E-state index in [9.17, 15) is 4.39 Å². The predicted octanol–water partition coefficient (Wildman–Crippen LogP) is 2.34. The number of rotatable bonds is 5. The van der Waals surface area contributed by atoms with Crippen molar-refractivity contribution in [1.29, 1.82) is 0 Å². The van der Waals surface area contributed by atoms with E-state index in [1.54, 1.807) is 36.9 Å². The standard InChI is InChI=1S/C19H21FN6O/c1-27-15-2-3-16(17(20)10-15)19-14(11-23-24-19)13-25-6-8-26(9-7-25)18-12-21-4-5-22-18/h2-5,10-12H,6-9,13H2,1H3,(H,23,24). The molecule has 2 aromatic heterocycles. The van der Waals surface area contributed by atoms with Crippen LogP contribution in [0, 0.1) is 5.82 Å². The number of nitrogens with one attached hydrogen (secondary N) is 1. The summed E-state index contributed by atoms with van der Waals surface area (Å²) in [5.41, 5.74) is 2.19. The highest BCUT2D eigenvalue weighted by atomic mass is 19.1. The molecule has 8 heteroatoms. The van der Waals surface area contributed by atoms with Gasteiger partial charge in [-0.25, -0.2) is 9.37 Å². The number of halogens is 1. The van der Waals surface area contributed by atoms with Gasteiger partial charge in [-0.1, -0.05) is 0 Å². The molecule has 0 bridgehead atoms. The summed E-state index contributed by atoms with van der Waals surface area (Å²) in [5.74, 6) is 1.08. The number of aromatic amines is 1. The van der Waals surface area contributed by atoms with Crippen molar-refractivity contribution >= 4 is 5.82 Å². The van der Waals surface area contributed by atoms with Gasteiger partial charge in [0.1, 0.15) is 17.4 Å². The van der Waals surface area contributed by atoms with E-state index in [4.69, 9.17) is 4.74 Å². The molecule has 27 heavy (non-hydrogen) atoms. The van der Waals surface area contributed by atoms with Crippen LogP contribution in [0.25, 0.3) is 11.3 Å². The monoisotopic (exact) mass is 368 g/mol. The van der Waals surface area contributed by atoms with Crippen molar-refractivity contribution < 1.29 is 9.13 Å². The molecule has 1 aliphatic heterocycles. The van der Waals surface area contributed by atoms with Crippen LogP contribution in [0.3, 0.4) is 0 Å². The molecule has 1 aromatic carbocycles. The first-order chi connectivity index (χ1) is 13.2. The zero-order chi connectivity index (χ0) is 18.6. The fourth-order valence-corrected chi connectivity index (χ4v) is 3.32. The Morgan fingerprint density at radius 2 is 2.00 bits per heavy atom. The van der Waals surface area contributed by atoms with Gasteiger partial charge < -0.3 is 9.64 Å². The number of hydrogen-bond acceptors (Lipinski definition) is 6. The molecule has 1 N–H and O–H groups in total. The summed E-state index contributed by atoms with van der Waals surface area (Å²) in [4.78, 5) is 13.1. The Labute approximate surface area is 156 Å². The Morgan fingerprint density at radius 1 is 1.15 bits per heavy atom. The van der Waals surface area contributed by atoms with E-state index < -0.39 is 0 Å². The number of piperazine rings is 1. The number of benzene rings is 1. The summed E-state index contributed by atoms with van der Waals surface area (Å²) in [7, 11) is 1.52. The number of anilines is 1. The molecule has 7 nitrogen and oxygen atoms in total. The topological polar surface area (TPSA) is 70.2 Å². The lowest BCUT2D eigenvalue weighted by molar-refractivity contribution is 0.249. The van der Waals surface area contributed by atoms with Crippen LogP contribution in [0.2, 0.25) is 0 Å². The molecule has 1 aliphatic rings. The molecule has 3 aromatic rings. The number of H-pyrrole nitrogens is 1. The van der Waals surface area contributed by atoms with Crippen LogP contribution in [-0.4, -0.2) is 58.4 Å². The fraction of sp³-hybridized carbons (Fsp3) is 0.316. The van der Waals surface area contributed by atoms with E-state index in [-0.39, 0.29) is 5.82 Å². The Bertz CT molecular complexity index is 892. The maximum atomic E-state index is 14.4. The largest absolute Gasteiger partial charge is 0.497 e. The first-order valence-electron chi connectivity index (χ1n) is 8.84. The quantitative estimate of drug-likeness (QED) is 0.745. The van der Waals surface area contributed by atoms with E-state index in [2.05, 4.69) is 30.0 Å². The van der Waals surface area contributed by atoms with Crippen molar-refractivity contribution in [2.75, 3.05) is 38.2 Å². The minimum Gasteiger partial charge on any atom is -0.497 e. The van der Waals surface area contributed by atoms with E-state index >= 15 is 0 Å². The van der Waals surface area contributed by atoms with Gasteiger partial charge in [0.05, 0.1) is 25.2 Å². The molecule has 0 unspecified atom stereocenters. The average Bonchev–Trinajstić information content (AvgIpc) is 3.17. The highest BCUT2D eigenvalue weighted by Crippen LogP contribution is 2.28. The van der Waals surface area contributed by atoms with Crippen LogP contribution in [0.4, 0.5) is 10.2 Å². The third-order valence-electron chi connectivity index (χ3n) is 4.80. The number of hydrogen-bond donors (Lipinski definition) is 1. The minimum atomic E-state index is -0.327. The zero-order valence-corrected chi connectivity index (χ0v) is 15.1. The van der Waals surface area contributed by atoms with Crippen LogP contribution in [0.5, 0.6) is 5.75 Å². The Hall–Kier alpha value is -3.00. The number of nitrogens with zero attached hydrogens (tertiary/aromatic N) is 5. The van der Waals surface area contributed by atoms with Gasteiger partial charge in [0.25, 0.3) is 0 Å². The van der Waals surface area contributed by atoms with Crippen molar-refractivity contribution in [1.82, 2.24) is 25.1 Å². The molecule has 0 aliphatic carbocycles. The van der Waals surface area contributed by atoms with E-state index in [0.29, 0.717) is 23.6 Å². The number of ether oxygens (including phenoxy) is 1. The van der Waals surface area contributed by atoms with Crippen molar-refractivity contribution in [3.63, 3.8) is 0 Å². The van der Waals surface area contributed by atoms with Crippen molar-refractivity contribution in [2.24, 2.45) is 0 Å². The first kappa shape index (κ1) is 17.4. The maximum absolute atomic E-state index is 14.4. The molecule has 0 spiro atoms. The van der Waals surface area contributed by atoms with Crippen molar-refractivity contribution in [3.05, 3.63) is 54.4 Å². The maximum Gasteiger partial charge on any atom is 0.147 e. The Balaban J connectivity index is 1.44. The molecule has 0 saturated carbocycles. The minimum absolute atomic E-state index is 0.327. The lowest BCUT2D eigenvalue weighted by Crippen LogP contribution is -2.46. The number of aromatic nitrogens is 4. The van der Waals surface area contributed by atoms with Gasteiger partial charge in [-0.15, -0.1) is 0 Å². The van der Waals surface area contributed by atoms with Crippen LogP contribution in [0.1, 0.15) is 5.56 Å². The summed E-state index contributed by atoms with van der Waals surface area (Å²) in [5, 5.41) is 7.07. The second-order valence-corrected chi connectivity index (χ2v) is 6.44. The highest BCUT2D eigenvalue weighted by Gasteiger charge is 2.21. The smallest absolute Gasteiger partial charge is 0.147 e. The molecular weight excluding hydrogens is 347 g/mol. The molecule has 4 rings (SSSR count). The van der Waals surface area contributed by atoms with Gasteiger partial charge >= 0.3 is 0 Å². The average molecular weight is 368 g/mol. The summed E-state index contributed by atoms with van der Waals surface area (Å²) < 4.78 is 19.5. The summed E-state index contributed by atoms with van der Waals surface area (Å²) in [6.45, 7) is 4.26. The van der Waals surface area contributed by atoms with Gasteiger partial charge in [0, 0.05) is 62.3 Å². The third kappa shape index (κ3) is 3.75. The van der Waals surface area contributed by atoms with Crippen molar-refractivity contribution in [3.8, 4) is 17.0 Å². The lowest BCUT2D eigenvalue weighted by Gasteiger charge is -2.35. The Morgan fingerprint density at radius 3 is 2.70 bits per heavy atom. The Kier molecular flexibility index (Phi) is 4.97. The van der Waals surface area contributed by atoms with Crippen LogP contribution < -0.4 is 9.64 Å². The summed E-state index contributed by atoms with van der Waals surface area (Å²) >= 11 is 0. The van der Waals surface area contributed by atoms with Gasteiger partial charge in [0.15, 0.2) is 0 Å². The highest BCUT2D eigenvalue weighted by molar-refractivity contribution is 5.64. The van der Waals surface area contributed by atoms with E-state index in [0.717, 1.165) is 37.6 Å². The predicted molar refractivity (Wildman–Crippen MR) is 100 cm³/mol. The normalized spacial score (nSPS) is 15.1. The van der Waals surface area contributed by atoms with Gasteiger partial charge in [-0.05, 0) is 12.1 Å². The van der Waals surface area contributed by atoms with Crippen molar-refractivity contribution in [2.45, 2.75) is 6.54 Å². The van der Waals surface area contributed by atoms with Gasteiger partial charge in [-0.2, -0.15) is 5.10 Å². The van der Waals surface area contributed by atoms with Crippen LogP contribution in [0.15, 0.2) is 43.0 Å². The van der Waals surface area contributed by atoms with Crippen LogP contribution >= 0.6 is 0 Å². The molecule has 1 saturated heterocycles. The SMILES string of the molecule is COc1ccc(-c2[nH]ncc2CN2CCN(c3cnccn3)CC2)c(F)c1. The fourth-order valence-electron chi connectivity index (χ4n) is 3.32. The summed E-state index contributed by atoms with van der Waals surface area (Å²) in [6.07, 6.45) is 6.95. The van der Waals surface area contributed by atoms with E-state index in [1.165, 1.54) is 13.2 Å². The second-order valence-electron chi connectivity index (χ2n) is 6.44. The first-order valence-corrected chi connectivity index (χ1v) is 8.84. The molecule has 0 radical (unpaired) electrons.